The van der Waals surface area contributed by atoms with Crippen LogP contribution in [-0.4, -0.2) is 28.3 Å². The average molecular weight is 245 g/mol. The molecule has 0 aliphatic carbocycles. The molecule has 1 aromatic carbocycles. The summed E-state index contributed by atoms with van der Waals surface area (Å²) in [7, 11) is 0. The highest BCUT2D eigenvalue weighted by molar-refractivity contribution is 5.77. The van der Waals surface area contributed by atoms with Gasteiger partial charge >= 0.3 is 5.97 Å². The van der Waals surface area contributed by atoms with Gasteiger partial charge in [-0.05, 0) is 25.5 Å². The molecule has 0 aliphatic heterocycles. The number of carboxylic acids is 1. The molecule has 1 rings (SSSR count). The SMILES string of the molecule is Cc1ccc(F)c(NCC(C)(O)C(=O)O)c1F. The zero-order valence-electron chi connectivity index (χ0n) is 9.42. The Morgan fingerprint density at radius 1 is 1.47 bits per heavy atom. The van der Waals surface area contributed by atoms with Gasteiger partial charge in [0.2, 0.25) is 0 Å². The fraction of sp³-hybridized carbons (Fsp3) is 0.364. The lowest BCUT2D eigenvalue weighted by atomic mass is 10.1. The quantitative estimate of drug-likeness (QED) is 0.752. The number of carboxylic acid groups (broad SMARTS) is 1. The molecule has 0 amide bonds. The number of carbonyl (C=O) groups is 1. The van der Waals surface area contributed by atoms with E-state index in [2.05, 4.69) is 5.32 Å². The number of aliphatic carboxylic acids is 1. The molecule has 17 heavy (non-hydrogen) atoms. The maximum absolute atomic E-state index is 13.5. The number of aryl methyl sites for hydroxylation is 1. The third-order valence-corrected chi connectivity index (χ3v) is 2.35. The van der Waals surface area contributed by atoms with E-state index in [1.807, 2.05) is 0 Å². The number of rotatable bonds is 4. The molecule has 4 nitrogen and oxygen atoms in total. The number of hydrogen-bond donors (Lipinski definition) is 3. The van der Waals surface area contributed by atoms with Gasteiger partial charge in [0, 0.05) is 0 Å². The summed E-state index contributed by atoms with van der Waals surface area (Å²) >= 11 is 0. The molecule has 0 saturated heterocycles. The zero-order chi connectivity index (χ0) is 13.2. The molecule has 0 saturated carbocycles. The van der Waals surface area contributed by atoms with Crippen molar-refractivity contribution < 1.29 is 23.8 Å². The number of hydrogen-bond acceptors (Lipinski definition) is 3. The lowest BCUT2D eigenvalue weighted by molar-refractivity contribution is -0.155. The highest BCUT2D eigenvalue weighted by Crippen LogP contribution is 2.22. The van der Waals surface area contributed by atoms with Crippen LogP contribution in [0.15, 0.2) is 12.1 Å². The Hall–Kier alpha value is -1.69. The summed E-state index contributed by atoms with van der Waals surface area (Å²) < 4.78 is 26.8. The maximum atomic E-state index is 13.5. The van der Waals surface area contributed by atoms with Gasteiger partial charge in [-0.2, -0.15) is 0 Å². The Morgan fingerprint density at radius 3 is 2.59 bits per heavy atom. The van der Waals surface area contributed by atoms with Gasteiger partial charge in [-0.3, -0.25) is 0 Å². The summed E-state index contributed by atoms with van der Waals surface area (Å²) in [4.78, 5) is 10.6. The van der Waals surface area contributed by atoms with Gasteiger partial charge in [0.1, 0.15) is 11.5 Å². The minimum atomic E-state index is -2.09. The number of anilines is 1. The van der Waals surface area contributed by atoms with Crippen LogP contribution in [0.2, 0.25) is 0 Å². The van der Waals surface area contributed by atoms with E-state index in [1.54, 1.807) is 0 Å². The number of halogens is 2. The van der Waals surface area contributed by atoms with Crippen LogP contribution in [0.5, 0.6) is 0 Å². The van der Waals surface area contributed by atoms with E-state index in [0.29, 0.717) is 0 Å². The summed E-state index contributed by atoms with van der Waals surface area (Å²) in [6.07, 6.45) is 0. The standard InChI is InChI=1S/C11H13F2NO3/c1-6-3-4-7(12)9(8(6)13)14-5-11(2,17)10(15)16/h3-4,14,17H,5H2,1-2H3,(H,15,16). The molecule has 0 spiro atoms. The van der Waals surface area contributed by atoms with E-state index in [1.165, 1.54) is 13.0 Å². The topological polar surface area (TPSA) is 69.6 Å². The first kappa shape index (κ1) is 13.4. The molecule has 1 unspecified atom stereocenters. The molecule has 6 heteroatoms. The van der Waals surface area contributed by atoms with Gasteiger partial charge in [0.05, 0.1) is 6.54 Å². The Balaban J connectivity index is 2.90. The fourth-order valence-corrected chi connectivity index (χ4v) is 1.15. The van der Waals surface area contributed by atoms with E-state index in [-0.39, 0.29) is 5.56 Å². The second-order valence-electron chi connectivity index (χ2n) is 3.99. The second-order valence-corrected chi connectivity index (χ2v) is 3.99. The van der Waals surface area contributed by atoms with Crippen LogP contribution < -0.4 is 5.32 Å². The van der Waals surface area contributed by atoms with E-state index in [9.17, 15) is 18.7 Å². The van der Waals surface area contributed by atoms with Crippen molar-refractivity contribution in [1.29, 1.82) is 0 Å². The molecule has 0 radical (unpaired) electrons. The predicted molar refractivity (Wildman–Crippen MR) is 57.8 cm³/mol. The Bertz CT molecular complexity index is 447. The minimum Gasteiger partial charge on any atom is -0.479 e. The predicted octanol–water partition coefficient (Wildman–Crippen LogP) is 1.52. The molecule has 94 valence electrons. The number of nitrogens with one attached hydrogen (secondary N) is 1. The molecule has 3 N–H and O–H groups in total. The maximum Gasteiger partial charge on any atom is 0.337 e. The Labute approximate surface area is 96.9 Å². The third kappa shape index (κ3) is 2.91. The first-order valence-electron chi connectivity index (χ1n) is 4.90. The summed E-state index contributed by atoms with van der Waals surface area (Å²) in [6.45, 7) is 1.99. The summed E-state index contributed by atoms with van der Waals surface area (Å²) in [6, 6.07) is 2.33. The fourth-order valence-electron chi connectivity index (χ4n) is 1.15. The first-order chi connectivity index (χ1) is 7.75. The van der Waals surface area contributed by atoms with Gasteiger partial charge in [-0.15, -0.1) is 0 Å². The lowest BCUT2D eigenvalue weighted by Crippen LogP contribution is -2.42. The van der Waals surface area contributed by atoms with Crippen molar-refractivity contribution in [2.24, 2.45) is 0 Å². The van der Waals surface area contributed by atoms with E-state index in [0.717, 1.165) is 13.0 Å². The van der Waals surface area contributed by atoms with Crippen molar-refractivity contribution in [2.75, 3.05) is 11.9 Å². The van der Waals surface area contributed by atoms with Gasteiger partial charge in [0.25, 0.3) is 0 Å². The zero-order valence-corrected chi connectivity index (χ0v) is 9.42. The van der Waals surface area contributed by atoms with Crippen LogP contribution in [0.25, 0.3) is 0 Å². The molecule has 0 heterocycles. The molecule has 0 aliphatic rings. The molecule has 0 fully saturated rings. The van der Waals surface area contributed by atoms with Crippen LogP contribution >= 0.6 is 0 Å². The largest absolute Gasteiger partial charge is 0.479 e. The molecule has 0 aromatic heterocycles. The van der Waals surface area contributed by atoms with Gasteiger partial charge in [0.15, 0.2) is 11.4 Å². The van der Waals surface area contributed by atoms with Crippen molar-refractivity contribution in [3.05, 3.63) is 29.3 Å². The van der Waals surface area contributed by atoms with Crippen LogP contribution in [0.4, 0.5) is 14.5 Å². The van der Waals surface area contributed by atoms with E-state index >= 15 is 0 Å². The highest BCUT2D eigenvalue weighted by Gasteiger charge is 2.30. The number of benzene rings is 1. The molecular formula is C11H13F2NO3. The van der Waals surface area contributed by atoms with Crippen molar-refractivity contribution in [3.8, 4) is 0 Å². The molecule has 1 aromatic rings. The monoisotopic (exact) mass is 245 g/mol. The number of aliphatic hydroxyl groups is 1. The van der Waals surface area contributed by atoms with Gasteiger partial charge in [-0.25, -0.2) is 13.6 Å². The van der Waals surface area contributed by atoms with Gasteiger partial charge < -0.3 is 15.5 Å². The lowest BCUT2D eigenvalue weighted by Gasteiger charge is -2.19. The van der Waals surface area contributed by atoms with Gasteiger partial charge in [-0.1, -0.05) is 6.07 Å². The average Bonchev–Trinajstić information content (AvgIpc) is 2.23. The van der Waals surface area contributed by atoms with E-state index < -0.39 is 35.4 Å². The molecule has 1 atom stereocenters. The van der Waals surface area contributed by atoms with Crippen molar-refractivity contribution in [3.63, 3.8) is 0 Å². The normalized spacial score (nSPS) is 14.2. The van der Waals surface area contributed by atoms with Crippen LogP contribution in [0, 0.1) is 18.6 Å². The summed E-state index contributed by atoms with van der Waals surface area (Å²) in [5.74, 6) is -3.11. The minimum absolute atomic E-state index is 0.226. The van der Waals surface area contributed by atoms with E-state index in [4.69, 9.17) is 5.11 Å². The van der Waals surface area contributed by atoms with Crippen LogP contribution in [-0.2, 0) is 4.79 Å². The summed E-state index contributed by atoms with van der Waals surface area (Å²) in [5.41, 5.74) is -2.31. The first-order valence-corrected chi connectivity index (χ1v) is 4.90. The second kappa shape index (κ2) is 4.67. The van der Waals surface area contributed by atoms with Crippen LogP contribution in [0.3, 0.4) is 0 Å². The highest BCUT2D eigenvalue weighted by atomic mass is 19.1. The summed E-state index contributed by atoms with van der Waals surface area (Å²) in [5, 5.41) is 20.3. The molecular weight excluding hydrogens is 232 g/mol. The Morgan fingerprint density at radius 2 is 2.06 bits per heavy atom. The third-order valence-electron chi connectivity index (χ3n) is 2.35. The molecule has 0 bridgehead atoms. The van der Waals surface area contributed by atoms with Crippen molar-refractivity contribution >= 4 is 11.7 Å². The van der Waals surface area contributed by atoms with Crippen LogP contribution in [0.1, 0.15) is 12.5 Å². The van der Waals surface area contributed by atoms with Crippen molar-refractivity contribution in [2.45, 2.75) is 19.4 Å². The Kier molecular flexibility index (Phi) is 3.67. The van der Waals surface area contributed by atoms with Crippen molar-refractivity contribution in [1.82, 2.24) is 0 Å². The smallest absolute Gasteiger partial charge is 0.337 e.